The van der Waals surface area contributed by atoms with Crippen molar-refractivity contribution in [1.29, 1.82) is 0 Å². The van der Waals surface area contributed by atoms with E-state index in [9.17, 15) is 0 Å². The SMILES string of the molecule is c1ccc(-c2ccc(-c3ccc(-c4ccc5c6ccccc6c6ccccc6c5c4)cc3)c3ccccc23)cc1. The Kier molecular flexibility index (Phi) is 5.24. The first-order chi connectivity index (χ1) is 19.8. The Balaban J connectivity index is 1.24. The number of hydrogen-bond donors (Lipinski definition) is 0. The van der Waals surface area contributed by atoms with Crippen LogP contribution in [0.4, 0.5) is 0 Å². The average molecular weight is 507 g/mol. The molecule has 8 aromatic rings. The molecule has 0 amide bonds. The van der Waals surface area contributed by atoms with Crippen molar-refractivity contribution >= 4 is 43.1 Å². The lowest BCUT2D eigenvalue weighted by molar-refractivity contribution is 1.61. The third-order valence-corrected chi connectivity index (χ3v) is 8.28. The zero-order chi connectivity index (χ0) is 26.5. The molecule has 0 heterocycles. The minimum Gasteiger partial charge on any atom is -0.0622 e. The second-order valence-electron chi connectivity index (χ2n) is 10.5. The van der Waals surface area contributed by atoms with Crippen LogP contribution in [0, 0.1) is 0 Å². The topological polar surface area (TPSA) is 0 Å². The van der Waals surface area contributed by atoms with E-state index in [0.717, 1.165) is 0 Å². The highest BCUT2D eigenvalue weighted by Crippen LogP contribution is 2.39. The number of fused-ring (bicyclic) bond motifs is 7. The lowest BCUT2D eigenvalue weighted by atomic mass is 9.90. The predicted octanol–water partition coefficient (Wildman–Crippen LogP) is 11.3. The van der Waals surface area contributed by atoms with Crippen LogP contribution in [-0.2, 0) is 0 Å². The number of hydrogen-bond acceptors (Lipinski definition) is 0. The van der Waals surface area contributed by atoms with E-state index in [-0.39, 0.29) is 0 Å². The molecule has 186 valence electrons. The van der Waals surface area contributed by atoms with Gasteiger partial charge in [-0.25, -0.2) is 0 Å². The van der Waals surface area contributed by atoms with Crippen LogP contribution in [0.25, 0.3) is 76.5 Å². The van der Waals surface area contributed by atoms with Gasteiger partial charge in [0.05, 0.1) is 0 Å². The van der Waals surface area contributed by atoms with E-state index < -0.39 is 0 Å². The molecule has 0 fully saturated rings. The number of benzene rings is 8. The zero-order valence-corrected chi connectivity index (χ0v) is 22.0. The summed E-state index contributed by atoms with van der Waals surface area (Å²) in [5, 5.41) is 10.4. The molecule has 8 aromatic carbocycles. The Morgan fingerprint density at radius 1 is 0.200 bits per heavy atom. The second kappa shape index (κ2) is 9.22. The Labute approximate surface area is 233 Å². The Bertz CT molecular complexity index is 2150. The molecule has 0 spiro atoms. The maximum atomic E-state index is 2.36. The quantitative estimate of drug-likeness (QED) is 0.209. The van der Waals surface area contributed by atoms with Crippen LogP contribution in [-0.4, -0.2) is 0 Å². The third-order valence-electron chi connectivity index (χ3n) is 8.28. The van der Waals surface area contributed by atoms with Crippen LogP contribution in [0.5, 0.6) is 0 Å². The van der Waals surface area contributed by atoms with Crippen LogP contribution >= 0.6 is 0 Å². The van der Waals surface area contributed by atoms with E-state index in [0.29, 0.717) is 0 Å². The molecule has 0 radical (unpaired) electrons. The summed E-state index contributed by atoms with van der Waals surface area (Å²) in [6, 6.07) is 57.4. The van der Waals surface area contributed by atoms with Gasteiger partial charge in [0.25, 0.3) is 0 Å². The molecular formula is C40H26. The van der Waals surface area contributed by atoms with Crippen LogP contribution in [0.1, 0.15) is 0 Å². The minimum absolute atomic E-state index is 1.23. The van der Waals surface area contributed by atoms with Gasteiger partial charge in [0.15, 0.2) is 0 Å². The highest BCUT2D eigenvalue weighted by Gasteiger charge is 2.11. The molecule has 0 aromatic heterocycles. The van der Waals surface area contributed by atoms with Crippen LogP contribution in [0.3, 0.4) is 0 Å². The van der Waals surface area contributed by atoms with Gasteiger partial charge in [-0.3, -0.25) is 0 Å². The van der Waals surface area contributed by atoms with E-state index in [4.69, 9.17) is 0 Å². The summed E-state index contributed by atoms with van der Waals surface area (Å²) < 4.78 is 0. The fraction of sp³-hybridized carbons (Fsp3) is 0. The molecule has 8 rings (SSSR count). The van der Waals surface area contributed by atoms with E-state index >= 15 is 0 Å². The fourth-order valence-corrected chi connectivity index (χ4v) is 6.35. The van der Waals surface area contributed by atoms with Crippen LogP contribution in [0.2, 0.25) is 0 Å². The smallest absolute Gasteiger partial charge is 0.00928 e. The van der Waals surface area contributed by atoms with Gasteiger partial charge in [-0.1, -0.05) is 152 Å². The van der Waals surface area contributed by atoms with Crippen LogP contribution < -0.4 is 0 Å². The molecule has 0 N–H and O–H groups in total. The van der Waals surface area contributed by atoms with Gasteiger partial charge in [-0.2, -0.15) is 0 Å². The van der Waals surface area contributed by atoms with Gasteiger partial charge in [0.2, 0.25) is 0 Å². The zero-order valence-electron chi connectivity index (χ0n) is 22.0. The largest absolute Gasteiger partial charge is 0.0622 e. The van der Waals surface area contributed by atoms with E-state index in [1.807, 2.05) is 0 Å². The Morgan fingerprint density at radius 2 is 0.575 bits per heavy atom. The van der Waals surface area contributed by atoms with E-state index in [1.54, 1.807) is 0 Å². The lowest BCUT2D eigenvalue weighted by Crippen LogP contribution is -1.87. The highest BCUT2D eigenvalue weighted by molar-refractivity contribution is 6.25. The molecule has 0 heteroatoms. The van der Waals surface area contributed by atoms with Gasteiger partial charge >= 0.3 is 0 Å². The summed E-state index contributed by atoms with van der Waals surface area (Å²) in [4.78, 5) is 0. The fourth-order valence-electron chi connectivity index (χ4n) is 6.35. The van der Waals surface area contributed by atoms with Crippen molar-refractivity contribution in [2.45, 2.75) is 0 Å². The summed E-state index contributed by atoms with van der Waals surface area (Å²) in [7, 11) is 0. The summed E-state index contributed by atoms with van der Waals surface area (Å²) in [6.07, 6.45) is 0. The van der Waals surface area contributed by atoms with Crippen molar-refractivity contribution in [3.63, 3.8) is 0 Å². The third kappa shape index (κ3) is 3.61. The number of rotatable bonds is 3. The highest BCUT2D eigenvalue weighted by atomic mass is 14.2. The normalized spacial score (nSPS) is 11.5. The van der Waals surface area contributed by atoms with E-state index in [1.165, 1.54) is 76.5 Å². The minimum atomic E-state index is 1.23. The monoisotopic (exact) mass is 506 g/mol. The standard InChI is InChI=1S/C40H26/c1-2-10-28(11-3-1)31-24-25-32(34-13-5-4-12-33(31)34)29-20-18-27(19-21-29)30-22-23-39-37-16-7-6-14-35(37)36-15-8-9-17-38(36)40(39)26-30/h1-26H. The van der Waals surface area contributed by atoms with Crippen molar-refractivity contribution < 1.29 is 0 Å². The average Bonchev–Trinajstić information content (AvgIpc) is 3.05. The van der Waals surface area contributed by atoms with Crippen molar-refractivity contribution in [1.82, 2.24) is 0 Å². The molecular weight excluding hydrogens is 480 g/mol. The Morgan fingerprint density at radius 3 is 1.12 bits per heavy atom. The molecule has 0 bridgehead atoms. The Hall–Kier alpha value is -5.20. The van der Waals surface area contributed by atoms with Gasteiger partial charge in [0.1, 0.15) is 0 Å². The second-order valence-corrected chi connectivity index (χ2v) is 10.5. The van der Waals surface area contributed by atoms with Crippen molar-refractivity contribution in [3.8, 4) is 33.4 Å². The first-order valence-corrected chi connectivity index (χ1v) is 13.9. The van der Waals surface area contributed by atoms with Crippen molar-refractivity contribution in [3.05, 3.63) is 158 Å². The first kappa shape index (κ1) is 22.8. The first-order valence-electron chi connectivity index (χ1n) is 13.9. The summed E-state index contributed by atoms with van der Waals surface area (Å²) in [5.41, 5.74) is 7.48. The summed E-state index contributed by atoms with van der Waals surface area (Å²) in [5.74, 6) is 0. The van der Waals surface area contributed by atoms with Gasteiger partial charge in [-0.05, 0) is 82.5 Å². The molecule has 0 saturated heterocycles. The van der Waals surface area contributed by atoms with Gasteiger partial charge in [0, 0.05) is 0 Å². The van der Waals surface area contributed by atoms with Crippen molar-refractivity contribution in [2.24, 2.45) is 0 Å². The molecule has 0 unspecified atom stereocenters. The van der Waals surface area contributed by atoms with E-state index in [2.05, 4.69) is 158 Å². The van der Waals surface area contributed by atoms with Crippen molar-refractivity contribution in [2.75, 3.05) is 0 Å². The molecule has 0 saturated carbocycles. The maximum absolute atomic E-state index is 2.36. The summed E-state index contributed by atoms with van der Waals surface area (Å²) in [6.45, 7) is 0. The van der Waals surface area contributed by atoms with Gasteiger partial charge in [-0.15, -0.1) is 0 Å². The summed E-state index contributed by atoms with van der Waals surface area (Å²) >= 11 is 0. The van der Waals surface area contributed by atoms with Crippen LogP contribution in [0.15, 0.2) is 158 Å². The predicted molar refractivity (Wildman–Crippen MR) is 173 cm³/mol. The molecule has 0 aliphatic rings. The lowest BCUT2D eigenvalue weighted by Gasteiger charge is -2.13. The molecule has 0 nitrogen and oxygen atoms in total. The molecule has 0 atom stereocenters. The van der Waals surface area contributed by atoms with Gasteiger partial charge < -0.3 is 0 Å². The molecule has 0 aliphatic heterocycles. The molecule has 40 heavy (non-hydrogen) atoms. The maximum Gasteiger partial charge on any atom is -0.00928 e. The molecule has 0 aliphatic carbocycles.